The Hall–Kier alpha value is -3.78. The second kappa shape index (κ2) is 10.5. The average Bonchev–Trinajstić information content (AvgIpc) is 2.84. The molecule has 0 fully saturated rings. The molecule has 0 amide bonds. The van der Waals surface area contributed by atoms with E-state index in [0.29, 0.717) is 18.1 Å². The Morgan fingerprint density at radius 3 is 2.62 bits per heavy atom. The van der Waals surface area contributed by atoms with Crippen molar-refractivity contribution < 1.29 is 9.47 Å². The van der Waals surface area contributed by atoms with Crippen LogP contribution in [0.4, 0.5) is 5.95 Å². The molecule has 0 unspecified atom stereocenters. The molecular weight excluding hydrogens is 470 g/mol. The Bertz CT molecular complexity index is 1220. The second-order valence-electron chi connectivity index (χ2n) is 6.70. The number of hydrazone groups is 1. The molecule has 0 radical (unpaired) electrons. The van der Waals surface area contributed by atoms with Crippen molar-refractivity contribution in [2.45, 2.75) is 6.61 Å². The third kappa shape index (κ3) is 5.47. The number of hydrogen-bond donors (Lipinski definition) is 1. The number of hydrogen-bond acceptors (Lipinski definition) is 7. The minimum absolute atomic E-state index is 0.284. The topological polar surface area (TPSA) is 81.5 Å². The molecule has 0 aliphatic rings. The van der Waals surface area contributed by atoms with Gasteiger partial charge in [0, 0.05) is 5.56 Å². The lowest BCUT2D eigenvalue weighted by Gasteiger charge is -2.09. The SMILES string of the molecule is COc1ccccc1-c1cnnc(N/N=C/c2ccc(OCc3ccccc3)c(Br)c2)n1. The van der Waals surface area contributed by atoms with E-state index in [1.54, 1.807) is 19.5 Å². The highest BCUT2D eigenvalue weighted by Crippen LogP contribution is 2.28. The summed E-state index contributed by atoms with van der Waals surface area (Å²) in [7, 11) is 1.62. The number of anilines is 1. The van der Waals surface area contributed by atoms with Crippen molar-refractivity contribution in [3.8, 4) is 22.8 Å². The molecule has 0 saturated carbocycles. The number of halogens is 1. The smallest absolute Gasteiger partial charge is 0.263 e. The van der Waals surface area contributed by atoms with Gasteiger partial charge >= 0.3 is 0 Å². The highest BCUT2D eigenvalue weighted by Gasteiger charge is 2.08. The van der Waals surface area contributed by atoms with Crippen LogP contribution in [0.2, 0.25) is 0 Å². The van der Waals surface area contributed by atoms with Gasteiger partial charge in [0.1, 0.15) is 18.1 Å². The first kappa shape index (κ1) is 21.5. The number of methoxy groups -OCH3 is 1. The zero-order valence-corrected chi connectivity index (χ0v) is 18.9. The summed E-state index contributed by atoms with van der Waals surface area (Å²) in [6, 6.07) is 23.4. The van der Waals surface area contributed by atoms with Crippen molar-refractivity contribution in [1.82, 2.24) is 15.2 Å². The normalized spacial score (nSPS) is 10.8. The molecule has 8 heteroatoms. The monoisotopic (exact) mass is 489 g/mol. The van der Waals surface area contributed by atoms with Crippen LogP contribution in [-0.4, -0.2) is 28.5 Å². The van der Waals surface area contributed by atoms with Crippen LogP contribution in [0.15, 0.2) is 88.6 Å². The van der Waals surface area contributed by atoms with Crippen LogP contribution < -0.4 is 14.9 Å². The van der Waals surface area contributed by atoms with E-state index in [1.807, 2.05) is 72.8 Å². The third-order valence-electron chi connectivity index (χ3n) is 4.51. The molecule has 0 atom stereocenters. The van der Waals surface area contributed by atoms with E-state index in [2.05, 4.69) is 41.6 Å². The lowest BCUT2D eigenvalue weighted by Crippen LogP contribution is -2.01. The summed E-state index contributed by atoms with van der Waals surface area (Å²) in [6.45, 7) is 0.501. The van der Waals surface area contributed by atoms with E-state index in [1.165, 1.54) is 0 Å². The van der Waals surface area contributed by atoms with Crippen LogP contribution in [0.3, 0.4) is 0 Å². The predicted octanol–water partition coefficient (Wildman–Crippen LogP) is 5.33. The minimum atomic E-state index is 0.284. The maximum absolute atomic E-state index is 5.88. The molecule has 4 aromatic rings. The largest absolute Gasteiger partial charge is 0.496 e. The summed E-state index contributed by atoms with van der Waals surface area (Å²) in [5.74, 6) is 1.75. The van der Waals surface area contributed by atoms with E-state index in [4.69, 9.17) is 9.47 Å². The standard InChI is InChI=1S/C24H20BrN5O2/c1-31-22-10-6-5-9-19(22)21-15-27-30-24(28-21)29-26-14-18-11-12-23(20(25)13-18)32-16-17-7-3-2-4-8-17/h2-15H,16H2,1H3,(H,28,29,30)/b26-14+. The molecule has 0 spiro atoms. The molecule has 0 aliphatic heterocycles. The van der Waals surface area contributed by atoms with Gasteiger partial charge < -0.3 is 9.47 Å². The summed E-state index contributed by atoms with van der Waals surface area (Å²) >= 11 is 3.55. The summed E-state index contributed by atoms with van der Waals surface area (Å²) in [5.41, 5.74) is 6.27. The van der Waals surface area contributed by atoms with E-state index in [-0.39, 0.29) is 5.95 Å². The van der Waals surface area contributed by atoms with E-state index >= 15 is 0 Å². The third-order valence-corrected chi connectivity index (χ3v) is 5.13. The first-order valence-electron chi connectivity index (χ1n) is 9.81. The van der Waals surface area contributed by atoms with Gasteiger partial charge in [-0.3, -0.25) is 0 Å². The van der Waals surface area contributed by atoms with Crippen LogP contribution in [0.5, 0.6) is 11.5 Å². The number of nitrogens with one attached hydrogen (secondary N) is 1. The summed E-state index contributed by atoms with van der Waals surface area (Å²) in [4.78, 5) is 4.46. The van der Waals surface area contributed by atoms with Gasteiger partial charge in [0.05, 0.1) is 29.7 Å². The van der Waals surface area contributed by atoms with Gasteiger partial charge in [-0.05, 0) is 57.4 Å². The molecule has 3 aromatic carbocycles. The molecule has 32 heavy (non-hydrogen) atoms. The quantitative estimate of drug-likeness (QED) is 0.266. The molecular formula is C24H20BrN5O2. The minimum Gasteiger partial charge on any atom is -0.496 e. The number of rotatable bonds is 8. The van der Waals surface area contributed by atoms with Gasteiger partial charge in [0.2, 0.25) is 0 Å². The van der Waals surface area contributed by atoms with Crippen LogP contribution in [0, 0.1) is 0 Å². The summed E-state index contributed by atoms with van der Waals surface area (Å²) in [6.07, 6.45) is 3.25. The maximum atomic E-state index is 5.88. The zero-order chi connectivity index (χ0) is 22.2. The van der Waals surface area contributed by atoms with E-state index in [9.17, 15) is 0 Å². The van der Waals surface area contributed by atoms with Crippen LogP contribution >= 0.6 is 15.9 Å². The van der Waals surface area contributed by atoms with Gasteiger partial charge in [-0.25, -0.2) is 10.4 Å². The molecule has 0 bridgehead atoms. The van der Waals surface area contributed by atoms with Gasteiger partial charge in [0.15, 0.2) is 0 Å². The van der Waals surface area contributed by atoms with Gasteiger partial charge in [-0.15, -0.1) is 5.10 Å². The van der Waals surface area contributed by atoms with Crippen LogP contribution in [0.25, 0.3) is 11.3 Å². The van der Waals surface area contributed by atoms with Crippen molar-refractivity contribution >= 4 is 28.1 Å². The molecule has 1 aromatic heterocycles. The van der Waals surface area contributed by atoms with E-state index < -0.39 is 0 Å². The summed E-state index contributed by atoms with van der Waals surface area (Å²) in [5, 5.41) is 12.2. The molecule has 0 aliphatic carbocycles. The zero-order valence-electron chi connectivity index (χ0n) is 17.3. The van der Waals surface area contributed by atoms with Crippen molar-refractivity contribution in [2.24, 2.45) is 5.10 Å². The van der Waals surface area contributed by atoms with Crippen molar-refractivity contribution in [1.29, 1.82) is 0 Å². The average molecular weight is 490 g/mol. The summed E-state index contributed by atoms with van der Waals surface area (Å²) < 4.78 is 12.1. The van der Waals surface area contributed by atoms with Crippen LogP contribution in [-0.2, 0) is 6.61 Å². The lowest BCUT2D eigenvalue weighted by molar-refractivity contribution is 0.304. The predicted molar refractivity (Wildman–Crippen MR) is 128 cm³/mol. The highest BCUT2D eigenvalue weighted by atomic mass is 79.9. The van der Waals surface area contributed by atoms with Gasteiger partial charge in [-0.2, -0.15) is 10.2 Å². The second-order valence-corrected chi connectivity index (χ2v) is 7.55. The van der Waals surface area contributed by atoms with Gasteiger partial charge in [0.25, 0.3) is 5.95 Å². The first-order valence-corrected chi connectivity index (χ1v) is 10.6. The Morgan fingerprint density at radius 1 is 1.00 bits per heavy atom. The molecule has 1 N–H and O–H groups in total. The number of ether oxygens (including phenoxy) is 2. The Kier molecular flexibility index (Phi) is 7.04. The number of para-hydroxylation sites is 1. The molecule has 160 valence electrons. The van der Waals surface area contributed by atoms with Gasteiger partial charge in [-0.1, -0.05) is 42.5 Å². The number of benzene rings is 3. The molecule has 1 heterocycles. The highest BCUT2D eigenvalue weighted by molar-refractivity contribution is 9.10. The van der Waals surface area contributed by atoms with Crippen molar-refractivity contribution in [3.63, 3.8) is 0 Å². The molecule has 7 nitrogen and oxygen atoms in total. The first-order chi connectivity index (χ1) is 15.7. The Labute approximate surface area is 194 Å². The molecule has 4 rings (SSSR count). The lowest BCUT2D eigenvalue weighted by atomic mass is 10.1. The fourth-order valence-electron chi connectivity index (χ4n) is 2.95. The fraction of sp³-hybridized carbons (Fsp3) is 0.0833. The maximum Gasteiger partial charge on any atom is 0.263 e. The Morgan fingerprint density at radius 2 is 1.81 bits per heavy atom. The molecule has 0 saturated heterocycles. The van der Waals surface area contributed by atoms with Crippen molar-refractivity contribution in [2.75, 3.05) is 12.5 Å². The number of nitrogens with zero attached hydrogens (tertiary/aromatic N) is 4. The Balaban J connectivity index is 1.40. The van der Waals surface area contributed by atoms with E-state index in [0.717, 1.165) is 26.9 Å². The van der Waals surface area contributed by atoms with Crippen molar-refractivity contribution in [3.05, 3.63) is 94.6 Å². The number of aromatic nitrogens is 3. The van der Waals surface area contributed by atoms with Crippen LogP contribution in [0.1, 0.15) is 11.1 Å². The fourth-order valence-corrected chi connectivity index (χ4v) is 3.46.